The number of hydrogen-bond donors (Lipinski definition) is 2. The van der Waals surface area contributed by atoms with E-state index < -0.39 is 0 Å². The molecule has 3 rings (SSSR count). The molecule has 1 saturated heterocycles. The quantitative estimate of drug-likeness (QED) is 0.371. The van der Waals surface area contributed by atoms with Gasteiger partial charge in [0, 0.05) is 37.7 Å². The maximum atomic E-state index is 5.66. The van der Waals surface area contributed by atoms with E-state index in [4.69, 9.17) is 4.74 Å². The molecule has 2 N–H and O–H groups in total. The predicted molar refractivity (Wildman–Crippen MR) is 112 cm³/mol. The smallest absolute Gasteiger partial charge is 0.213 e. The highest BCUT2D eigenvalue weighted by atomic mass is 127. The standard InChI is InChI=1S/C17H26N4OS.HI/c1-18-17(21-11-15-3-2-8-23-15)20-10-14-6-7-16(19-9-14)22-12-13-4-5-13;/h6-7,9,13,15H,2-5,8,10-12H2,1H3,(H2,18,20,21);1H. The number of aliphatic imine (C=N–C) groups is 1. The van der Waals surface area contributed by atoms with Gasteiger partial charge in [0.15, 0.2) is 5.96 Å². The van der Waals surface area contributed by atoms with Crippen LogP contribution in [-0.4, -0.2) is 42.1 Å². The molecule has 0 spiro atoms. The SMILES string of the molecule is CN=C(NCc1ccc(OCC2CC2)nc1)NCC1CCCS1.I. The van der Waals surface area contributed by atoms with Crippen LogP contribution in [0.5, 0.6) is 5.88 Å². The van der Waals surface area contributed by atoms with Gasteiger partial charge in [0.2, 0.25) is 5.88 Å². The van der Waals surface area contributed by atoms with E-state index in [0.29, 0.717) is 6.54 Å². The number of aromatic nitrogens is 1. The molecule has 0 bridgehead atoms. The van der Waals surface area contributed by atoms with E-state index in [0.717, 1.165) is 41.7 Å². The van der Waals surface area contributed by atoms with Crippen molar-refractivity contribution in [1.29, 1.82) is 0 Å². The first-order valence-electron chi connectivity index (χ1n) is 8.47. The lowest BCUT2D eigenvalue weighted by atomic mass is 10.2. The zero-order valence-electron chi connectivity index (χ0n) is 14.2. The van der Waals surface area contributed by atoms with E-state index in [1.165, 1.54) is 31.4 Å². The third-order valence-corrected chi connectivity index (χ3v) is 5.56. The molecule has 0 amide bonds. The number of guanidine groups is 1. The summed E-state index contributed by atoms with van der Waals surface area (Å²) in [6, 6.07) is 4.01. The number of pyridine rings is 1. The Kier molecular flexibility index (Phi) is 8.44. The van der Waals surface area contributed by atoms with Crippen LogP contribution >= 0.6 is 35.7 Å². The summed E-state index contributed by atoms with van der Waals surface area (Å²) in [4.78, 5) is 8.64. The summed E-state index contributed by atoms with van der Waals surface area (Å²) in [6.07, 6.45) is 7.11. The molecule has 1 unspecified atom stereocenters. The highest BCUT2D eigenvalue weighted by Crippen LogP contribution is 2.29. The van der Waals surface area contributed by atoms with Gasteiger partial charge in [-0.05, 0) is 42.9 Å². The molecule has 1 aliphatic carbocycles. The van der Waals surface area contributed by atoms with Crippen LogP contribution in [0.3, 0.4) is 0 Å². The van der Waals surface area contributed by atoms with E-state index >= 15 is 0 Å². The Hall–Kier alpha value is -0.700. The van der Waals surface area contributed by atoms with Gasteiger partial charge in [-0.25, -0.2) is 4.98 Å². The van der Waals surface area contributed by atoms with Gasteiger partial charge in [-0.2, -0.15) is 11.8 Å². The van der Waals surface area contributed by atoms with Crippen LogP contribution in [0.15, 0.2) is 23.3 Å². The van der Waals surface area contributed by atoms with Gasteiger partial charge in [-0.3, -0.25) is 4.99 Å². The Morgan fingerprint density at radius 2 is 2.21 bits per heavy atom. The molecule has 1 aromatic rings. The Labute approximate surface area is 165 Å². The molecular formula is C17H27IN4OS. The van der Waals surface area contributed by atoms with E-state index in [1.54, 1.807) is 0 Å². The van der Waals surface area contributed by atoms with E-state index in [2.05, 4.69) is 38.4 Å². The summed E-state index contributed by atoms with van der Waals surface area (Å²) in [5.41, 5.74) is 1.13. The number of thioether (sulfide) groups is 1. The number of ether oxygens (including phenoxy) is 1. The lowest BCUT2D eigenvalue weighted by molar-refractivity contribution is 0.288. The second-order valence-corrected chi connectivity index (χ2v) is 7.61. The van der Waals surface area contributed by atoms with Crippen LogP contribution < -0.4 is 15.4 Å². The number of halogens is 1. The fourth-order valence-corrected chi connectivity index (χ4v) is 3.71. The fourth-order valence-electron chi connectivity index (χ4n) is 2.51. The second-order valence-electron chi connectivity index (χ2n) is 6.20. The van der Waals surface area contributed by atoms with E-state index in [-0.39, 0.29) is 24.0 Å². The van der Waals surface area contributed by atoms with Gasteiger partial charge < -0.3 is 15.4 Å². The molecule has 1 aliphatic heterocycles. The molecule has 1 saturated carbocycles. The zero-order valence-corrected chi connectivity index (χ0v) is 17.3. The van der Waals surface area contributed by atoms with Crippen molar-refractivity contribution in [1.82, 2.24) is 15.6 Å². The van der Waals surface area contributed by atoms with Crippen LogP contribution in [0.2, 0.25) is 0 Å². The van der Waals surface area contributed by atoms with Crippen molar-refractivity contribution in [2.45, 2.75) is 37.5 Å². The number of hydrogen-bond acceptors (Lipinski definition) is 4. The van der Waals surface area contributed by atoms with Crippen LogP contribution in [0, 0.1) is 5.92 Å². The van der Waals surface area contributed by atoms with Crippen molar-refractivity contribution in [2.75, 3.05) is 26.0 Å². The maximum absolute atomic E-state index is 5.66. The second kappa shape index (κ2) is 10.3. The summed E-state index contributed by atoms with van der Waals surface area (Å²) in [5.74, 6) is 3.62. The summed E-state index contributed by atoms with van der Waals surface area (Å²) >= 11 is 2.05. The predicted octanol–water partition coefficient (Wildman–Crippen LogP) is 3.05. The van der Waals surface area contributed by atoms with Gasteiger partial charge in [0.1, 0.15) is 0 Å². The summed E-state index contributed by atoms with van der Waals surface area (Å²) in [6.45, 7) is 2.50. The molecule has 24 heavy (non-hydrogen) atoms. The molecule has 134 valence electrons. The molecule has 5 nitrogen and oxygen atoms in total. The minimum atomic E-state index is 0. The minimum absolute atomic E-state index is 0. The first-order chi connectivity index (χ1) is 11.3. The van der Waals surface area contributed by atoms with Crippen molar-refractivity contribution < 1.29 is 4.74 Å². The molecule has 0 radical (unpaired) electrons. The average Bonchev–Trinajstić information content (AvgIpc) is 3.28. The van der Waals surface area contributed by atoms with E-state index in [1.807, 2.05) is 19.3 Å². The van der Waals surface area contributed by atoms with Crippen LogP contribution in [-0.2, 0) is 6.54 Å². The summed E-state index contributed by atoms with van der Waals surface area (Å²) in [5, 5.41) is 7.46. The molecule has 0 aromatic carbocycles. The van der Waals surface area contributed by atoms with Crippen molar-refractivity contribution >= 4 is 41.7 Å². The van der Waals surface area contributed by atoms with Crippen LogP contribution in [0.1, 0.15) is 31.2 Å². The maximum Gasteiger partial charge on any atom is 0.213 e. The number of nitrogens with zero attached hydrogens (tertiary/aromatic N) is 2. The van der Waals surface area contributed by atoms with Gasteiger partial charge >= 0.3 is 0 Å². The molecule has 2 fully saturated rings. The molecule has 7 heteroatoms. The Morgan fingerprint density at radius 1 is 1.33 bits per heavy atom. The number of rotatable bonds is 7. The van der Waals surface area contributed by atoms with Crippen molar-refractivity contribution in [3.8, 4) is 5.88 Å². The molecular weight excluding hydrogens is 435 g/mol. The fraction of sp³-hybridized carbons (Fsp3) is 0.647. The molecule has 1 aromatic heterocycles. The van der Waals surface area contributed by atoms with Crippen LogP contribution in [0.25, 0.3) is 0 Å². The van der Waals surface area contributed by atoms with Crippen LogP contribution in [0.4, 0.5) is 0 Å². The van der Waals surface area contributed by atoms with Crippen molar-refractivity contribution in [3.63, 3.8) is 0 Å². The number of nitrogens with one attached hydrogen (secondary N) is 2. The molecule has 1 atom stereocenters. The first-order valence-corrected chi connectivity index (χ1v) is 9.52. The minimum Gasteiger partial charge on any atom is -0.477 e. The van der Waals surface area contributed by atoms with Crippen molar-refractivity contribution in [3.05, 3.63) is 23.9 Å². The summed E-state index contributed by atoms with van der Waals surface area (Å²) < 4.78 is 5.66. The normalized spacial score (nSPS) is 20.4. The Balaban J connectivity index is 0.00000208. The Morgan fingerprint density at radius 3 is 2.83 bits per heavy atom. The summed E-state index contributed by atoms with van der Waals surface area (Å²) in [7, 11) is 1.81. The molecule has 2 heterocycles. The first kappa shape index (κ1) is 19.6. The zero-order chi connectivity index (χ0) is 15.9. The Bertz CT molecular complexity index is 516. The van der Waals surface area contributed by atoms with Crippen molar-refractivity contribution in [2.24, 2.45) is 10.9 Å². The highest BCUT2D eigenvalue weighted by Gasteiger charge is 2.22. The average molecular weight is 462 g/mol. The van der Waals surface area contributed by atoms with Gasteiger partial charge in [-0.1, -0.05) is 6.07 Å². The van der Waals surface area contributed by atoms with Gasteiger partial charge in [-0.15, -0.1) is 24.0 Å². The largest absolute Gasteiger partial charge is 0.477 e. The monoisotopic (exact) mass is 462 g/mol. The molecule has 2 aliphatic rings. The van der Waals surface area contributed by atoms with E-state index in [9.17, 15) is 0 Å². The van der Waals surface area contributed by atoms with Gasteiger partial charge in [0.25, 0.3) is 0 Å². The van der Waals surface area contributed by atoms with Gasteiger partial charge in [0.05, 0.1) is 6.61 Å². The third-order valence-electron chi connectivity index (χ3n) is 4.17. The topological polar surface area (TPSA) is 58.5 Å². The third kappa shape index (κ3) is 6.66. The lowest BCUT2D eigenvalue weighted by Crippen LogP contribution is -2.39. The highest BCUT2D eigenvalue weighted by molar-refractivity contribution is 14.0. The lowest BCUT2D eigenvalue weighted by Gasteiger charge is -2.14.